The molecule has 0 bridgehead atoms. The molecule has 0 N–H and O–H groups in total. The van der Waals surface area contributed by atoms with Crippen molar-refractivity contribution in [2.75, 3.05) is 31.9 Å². The van der Waals surface area contributed by atoms with E-state index in [1.807, 2.05) is 0 Å². The molecular formula is C23H46N2O3S. The number of hydrogen-bond acceptors (Lipinski definition) is 4. The highest BCUT2D eigenvalue weighted by molar-refractivity contribution is 7.85. The number of aliphatic imine (C=N–C) groups is 1. The van der Waals surface area contributed by atoms with Gasteiger partial charge in [0.1, 0.15) is 0 Å². The summed E-state index contributed by atoms with van der Waals surface area (Å²) in [6, 6.07) is 0. The molecule has 172 valence electrons. The molecule has 0 aliphatic carbocycles. The largest absolute Gasteiger partial charge is 0.748 e. The van der Waals surface area contributed by atoms with Gasteiger partial charge < -0.3 is 4.55 Å². The van der Waals surface area contributed by atoms with Gasteiger partial charge in [0.05, 0.1) is 29.8 Å². The number of hydrogen-bond donors (Lipinski definition) is 0. The average Bonchev–Trinajstić information content (AvgIpc) is 2.92. The molecule has 2 aliphatic rings. The zero-order valence-corrected chi connectivity index (χ0v) is 20.0. The number of quaternary nitrogens is 1. The van der Waals surface area contributed by atoms with Gasteiger partial charge in [0, 0.05) is 25.1 Å². The minimum Gasteiger partial charge on any atom is -0.748 e. The van der Waals surface area contributed by atoms with Crippen LogP contribution in [0.3, 0.4) is 0 Å². The SMILES string of the molecule is CCCCCCCCCCCCS(=O)(=O)[O-].CC[N+]12CCCCCC1=NCCC2. The van der Waals surface area contributed by atoms with Crippen LogP contribution >= 0.6 is 0 Å². The van der Waals surface area contributed by atoms with E-state index in [0.29, 0.717) is 6.42 Å². The van der Waals surface area contributed by atoms with Crippen LogP contribution in [0.2, 0.25) is 0 Å². The predicted molar refractivity (Wildman–Crippen MR) is 122 cm³/mol. The highest BCUT2D eigenvalue weighted by atomic mass is 32.2. The van der Waals surface area contributed by atoms with Crippen molar-refractivity contribution in [2.24, 2.45) is 4.99 Å². The lowest BCUT2D eigenvalue weighted by atomic mass is 10.1. The second-order valence-electron chi connectivity index (χ2n) is 8.81. The fourth-order valence-electron chi connectivity index (χ4n) is 4.56. The molecule has 5 nitrogen and oxygen atoms in total. The van der Waals surface area contributed by atoms with Gasteiger partial charge in [-0.25, -0.2) is 13.4 Å². The molecule has 6 heteroatoms. The molecule has 1 saturated heterocycles. The van der Waals surface area contributed by atoms with Crippen LogP contribution in [0.25, 0.3) is 0 Å². The molecule has 0 aromatic rings. The van der Waals surface area contributed by atoms with Gasteiger partial charge in [0.2, 0.25) is 0 Å². The Morgan fingerprint density at radius 1 is 0.828 bits per heavy atom. The van der Waals surface area contributed by atoms with Crippen molar-refractivity contribution in [2.45, 2.75) is 110 Å². The van der Waals surface area contributed by atoms with Crippen molar-refractivity contribution in [3.63, 3.8) is 0 Å². The number of fused-ring (bicyclic) bond motifs is 1. The number of rotatable bonds is 12. The first-order valence-electron chi connectivity index (χ1n) is 12.3. The number of unbranched alkanes of at least 4 members (excludes halogenated alkanes) is 9. The van der Waals surface area contributed by atoms with Gasteiger partial charge in [-0.15, -0.1) is 0 Å². The van der Waals surface area contributed by atoms with E-state index >= 15 is 0 Å². The monoisotopic (exact) mass is 430 g/mol. The molecule has 2 rings (SSSR count). The van der Waals surface area contributed by atoms with Gasteiger partial charge in [-0.3, -0.25) is 4.48 Å². The van der Waals surface area contributed by atoms with Crippen molar-refractivity contribution < 1.29 is 17.5 Å². The first kappa shape index (κ1) is 26.6. The van der Waals surface area contributed by atoms with Crippen molar-refractivity contribution >= 4 is 16.0 Å². The lowest BCUT2D eigenvalue weighted by molar-refractivity contribution is -0.843. The van der Waals surface area contributed by atoms with Crippen LogP contribution in [0.15, 0.2) is 4.99 Å². The molecule has 1 fully saturated rings. The second-order valence-corrected chi connectivity index (χ2v) is 10.3. The van der Waals surface area contributed by atoms with E-state index in [1.54, 1.807) is 0 Å². The van der Waals surface area contributed by atoms with Gasteiger partial charge in [0.15, 0.2) is 5.84 Å². The molecule has 0 aromatic heterocycles. The minimum absolute atomic E-state index is 0.191. The van der Waals surface area contributed by atoms with E-state index in [9.17, 15) is 13.0 Å². The Morgan fingerprint density at radius 2 is 1.41 bits per heavy atom. The molecule has 2 aliphatic heterocycles. The zero-order valence-electron chi connectivity index (χ0n) is 19.2. The normalized spacial score (nSPS) is 22.1. The van der Waals surface area contributed by atoms with E-state index in [-0.39, 0.29) is 5.75 Å². The Balaban J connectivity index is 0.000000294. The molecule has 2 heterocycles. The van der Waals surface area contributed by atoms with Crippen molar-refractivity contribution in [1.82, 2.24) is 0 Å². The van der Waals surface area contributed by atoms with Crippen LogP contribution in [-0.4, -0.2) is 55.2 Å². The summed E-state index contributed by atoms with van der Waals surface area (Å²) in [6.07, 6.45) is 18.2. The van der Waals surface area contributed by atoms with Crippen molar-refractivity contribution in [3.05, 3.63) is 0 Å². The summed E-state index contributed by atoms with van der Waals surface area (Å²) >= 11 is 0. The van der Waals surface area contributed by atoms with Crippen LogP contribution in [-0.2, 0) is 10.1 Å². The van der Waals surface area contributed by atoms with E-state index in [2.05, 4.69) is 13.8 Å². The third-order valence-corrected chi connectivity index (χ3v) is 7.21. The lowest BCUT2D eigenvalue weighted by Gasteiger charge is -2.39. The smallest absolute Gasteiger partial charge is 0.198 e. The van der Waals surface area contributed by atoms with E-state index in [0.717, 1.165) is 19.4 Å². The van der Waals surface area contributed by atoms with Gasteiger partial charge in [-0.2, -0.15) is 0 Å². The number of nitrogens with zero attached hydrogens (tertiary/aromatic N) is 2. The molecule has 0 saturated carbocycles. The second kappa shape index (κ2) is 15.4. The standard InChI is InChI=1S/C12H26O3S.C11H21N2/c1-2-3-4-5-6-7-8-9-10-11-12-16(13,14)15;1-2-13-9-5-3-4-7-11(13)12-8-6-10-13/h2-12H2,1H3,(H,13,14,15);2-10H2,1H3/q;+1/p-1. The average molecular weight is 431 g/mol. The summed E-state index contributed by atoms with van der Waals surface area (Å²) < 4.78 is 32.2. The van der Waals surface area contributed by atoms with Crippen LogP contribution in [0.4, 0.5) is 0 Å². The highest BCUT2D eigenvalue weighted by Gasteiger charge is 2.35. The van der Waals surface area contributed by atoms with E-state index in [1.165, 1.54) is 107 Å². The van der Waals surface area contributed by atoms with Gasteiger partial charge in [0.25, 0.3) is 0 Å². The van der Waals surface area contributed by atoms with Crippen molar-refractivity contribution in [1.29, 1.82) is 0 Å². The molecule has 0 radical (unpaired) electrons. The van der Waals surface area contributed by atoms with Crippen LogP contribution in [0.1, 0.15) is 110 Å². The molecule has 0 amide bonds. The molecule has 0 spiro atoms. The third-order valence-electron chi connectivity index (χ3n) is 6.43. The summed E-state index contributed by atoms with van der Waals surface area (Å²) in [5, 5.41) is 0. The molecule has 29 heavy (non-hydrogen) atoms. The molecule has 1 unspecified atom stereocenters. The lowest BCUT2D eigenvalue weighted by Crippen LogP contribution is -2.55. The summed E-state index contributed by atoms with van der Waals surface area (Å²) in [4.78, 5) is 4.74. The van der Waals surface area contributed by atoms with Crippen LogP contribution < -0.4 is 0 Å². The Kier molecular flexibility index (Phi) is 14.1. The fourth-order valence-corrected chi connectivity index (χ4v) is 5.11. The summed E-state index contributed by atoms with van der Waals surface area (Å²) in [6.45, 7) is 9.61. The maximum absolute atomic E-state index is 10.3. The number of amidine groups is 1. The van der Waals surface area contributed by atoms with Gasteiger partial charge in [-0.1, -0.05) is 64.7 Å². The maximum Gasteiger partial charge on any atom is 0.198 e. The van der Waals surface area contributed by atoms with Crippen LogP contribution in [0, 0.1) is 0 Å². The minimum atomic E-state index is -3.98. The molecule has 0 aromatic carbocycles. The van der Waals surface area contributed by atoms with E-state index < -0.39 is 10.1 Å². The quantitative estimate of drug-likeness (QED) is 0.228. The summed E-state index contributed by atoms with van der Waals surface area (Å²) in [5.41, 5.74) is 0. The Morgan fingerprint density at radius 3 is 2.00 bits per heavy atom. The first-order valence-corrected chi connectivity index (χ1v) is 13.8. The molecular weight excluding hydrogens is 384 g/mol. The van der Waals surface area contributed by atoms with Gasteiger partial charge >= 0.3 is 0 Å². The van der Waals surface area contributed by atoms with Gasteiger partial charge in [-0.05, 0) is 32.6 Å². The summed E-state index contributed by atoms with van der Waals surface area (Å²) in [7, 11) is -3.98. The predicted octanol–water partition coefficient (Wildman–Crippen LogP) is 5.65. The first-order chi connectivity index (χ1) is 13.9. The topological polar surface area (TPSA) is 69.6 Å². The fraction of sp³-hybridized carbons (Fsp3) is 0.957. The maximum atomic E-state index is 10.3. The third kappa shape index (κ3) is 12.1. The summed E-state index contributed by atoms with van der Waals surface area (Å²) in [5.74, 6) is 1.33. The molecule has 1 atom stereocenters. The Labute approximate surface area is 180 Å². The van der Waals surface area contributed by atoms with Crippen molar-refractivity contribution in [3.8, 4) is 0 Å². The van der Waals surface area contributed by atoms with E-state index in [4.69, 9.17) is 4.99 Å². The Hall–Kier alpha value is -0.460. The van der Waals surface area contributed by atoms with Crippen LogP contribution in [0.5, 0.6) is 0 Å². The highest BCUT2D eigenvalue weighted by Crippen LogP contribution is 2.24. The zero-order chi connectivity index (χ0) is 21.4. The Bertz CT molecular complexity index is 548.